The van der Waals surface area contributed by atoms with Gasteiger partial charge in [-0.25, -0.2) is 4.99 Å². The second kappa shape index (κ2) is 11.0. The number of carbonyl (C=O) groups is 1. The van der Waals surface area contributed by atoms with E-state index in [4.69, 9.17) is 4.99 Å². The molecule has 0 aromatic heterocycles. The van der Waals surface area contributed by atoms with Gasteiger partial charge in [0.05, 0.1) is 6.54 Å². The Morgan fingerprint density at radius 1 is 1.14 bits per heavy atom. The monoisotopic (exact) mass is 570 g/mol. The van der Waals surface area contributed by atoms with Crippen LogP contribution in [0.5, 0.6) is 0 Å². The number of nitrogens with one attached hydrogen (secondary N) is 3. The van der Waals surface area contributed by atoms with Crippen LogP contribution in [0.4, 0.5) is 0 Å². The molecule has 0 saturated heterocycles. The van der Waals surface area contributed by atoms with Crippen molar-refractivity contribution in [3.63, 3.8) is 0 Å². The van der Waals surface area contributed by atoms with Crippen molar-refractivity contribution < 1.29 is 4.79 Å². The fourth-order valence-corrected chi connectivity index (χ4v) is 3.66. The van der Waals surface area contributed by atoms with Gasteiger partial charge in [-0.05, 0) is 55.2 Å². The van der Waals surface area contributed by atoms with Gasteiger partial charge >= 0.3 is 0 Å². The van der Waals surface area contributed by atoms with Crippen molar-refractivity contribution in [1.29, 1.82) is 0 Å². The SMILES string of the molecule is CCNC(=NCc1cccc(C(=O)NC)c1)NCC1(c2cccc(Br)c2)CC1.I. The van der Waals surface area contributed by atoms with Gasteiger partial charge in [0.25, 0.3) is 5.91 Å². The zero-order chi connectivity index (χ0) is 20.0. The lowest BCUT2D eigenvalue weighted by Gasteiger charge is -2.19. The fourth-order valence-electron chi connectivity index (χ4n) is 3.26. The van der Waals surface area contributed by atoms with Crippen LogP contribution >= 0.6 is 39.9 Å². The normalized spacial score (nSPS) is 14.5. The topological polar surface area (TPSA) is 65.5 Å². The van der Waals surface area contributed by atoms with Crippen molar-refractivity contribution in [2.75, 3.05) is 20.1 Å². The maximum absolute atomic E-state index is 11.8. The summed E-state index contributed by atoms with van der Waals surface area (Å²) in [5.41, 5.74) is 3.22. The second-order valence-corrected chi connectivity index (χ2v) is 8.03. The minimum atomic E-state index is -0.0828. The fraction of sp³-hybridized carbons (Fsp3) is 0.364. The first-order valence-corrected chi connectivity index (χ1v) is 10.4. The van der Waals surface area contributed by atoms with Crippen molar-refractivity contribution in [2.45, 2.75) is 31.7 Å². The lowest BCUT2D eigenvalue weighted by Crippen LogP contribution is -2.41. The van der Waals surface area contributed by atoms with Gasteiger partial charge in [0, 0.05) is 35.6 Å². The van der Waals surface area contributed by atoms with Gasteiger partial charge in [0.15, 0.2) is 5.96 Å². The zero-order valence-corrected chi connectivity index (χ0v) is 20.7. The summed E-state index contributed by atoms with van der Waals surface area (Å²) >= 11 is 3.57. The highest BCUT2D eigenvalue weighted by atomic mass is 127. The molecule has 1 amide bonds. The Bertz CT molecular complexity index is 867. The molecule has 156 valence electrons. The van der Waals surface area contributed by atoms with E-state index in [1.54, 1.807) is 7.05 Å². The Balaban J connectivity index is 0.00000300. The Hall–Kier alpha value is -1.61. The number of hydrogen-bond acceptors (Lipinski definition) is 2. The third-order valence-electron chi connectivity index (χ3n) is 5.06. The Labute approximate surface area is 198 Å². The first kappa shape index (κ1) is 23.7. The van der Waals surface area contributed by atoms with E-state index in [1.165, 1.54) is 18.4 Å². The van der Waals surface area contributed by atoms with Crippen LogP contribution in [-0.4, -0.2) is 32.0 Å². The van der Waals surface area contributed by atoms with Gasteiger partial charge in [-0.3, -0.25) is 4.79 Å². The maximum Gasteiger partial charge on any atom is 0.251 e. The molecule has 1 fully saturated rings. The van der Waals surface area contributed by atoms with Gasteiger partial charge < -0.3 is 16.0 Å². The molecule has 7 heteroatoms. The molecule has 1 saturated carbocycles. The van der Waals surface area contributed by atoms with Gasteiger partial charge in [0.1, 0.15) is 0 Å². The van der Waals surface area contributed by atoms with E-state index in [1.807, 2.05) is 24.3 Å². The summed E-state index contributed by atoms with van der Waals surface area (Å²) in [6.07, 6.45) is 2.37. The summed E-state index contributed by atoms with van der Waals surface area (Å²) in [6, 6.07) is 16.1. The molecule has 5 nitrogen and oxygen atoms in total. The number of hydrogen-bond donors (Lipinski definition) is 3. The van der Waals surface area contributed by atoms with Gasteiger partial charge in [-0.2, -0.15) is 0 Å². The maximum atomic E-state index is 11.8. The summed E-state index contributed by atoms with van der Waals surface area (Å²) in [7, 11) is 1.64. The van der Waals surface area contributed by atoms with E-state index in [9.17, 15) is 4.79 Å². The molecule has 0 radical (unpaired) electrons. The predicted octanol–water partition coefficient (Wildman–Crippen LogP) is 4.21. The third-order valence-corrected chi connectivity index (χ3v) is 5.56. The standard InChI is InChI=1S/C22H27BrN4O.HI/c1-3-25-21(26-14-16-6-4-7-17(12-16)20(28)24-2)27-15-22(10-11-22)18-8-5-9-19(23)13-18;/h4-9,12-13H,3,10-11,14-15H2,1-2H3,(H,24,28)(H2,25,26,27);1H. The Morgan fingerprint density at radius 2 is 1.90 bits per heavy atom. The number of guanidine groups is 1. The Kier molecular flexibility index (Phi) is 8.95. The van der Waals surface area contributed by atoms with Crippen LogP contribution in [0.15, 0.2) is 58.0 Å². The van der Waals surface area contributed by atoms with Gasteiger partial charge in [0.2, 0.25) is 0 Å². The van der Waals surface area contributed by atoms with Gasteiger partial charge in [-0.15, -0.1) is 24.0 Å². The van der Waals surface area contributed by atoms with E-state index in [-0.39, 0.29) is 35.3 Å². The van der Waals surface area contributed by atoms with Crippen LogP contribution in [0.2, 0.25) is 0 Å². The highest BCUT2D eigenvalue weighted by Gasteiger charge is 2.44. The zero-order valence-electron chi connectivity index (χ0n) is 16.8. The molecule has 29 heavy (non-hydrogen) atoms. The molecular weight excluding hydrogens is 543 g/mol. The summed E-state index contributed by atoms with van der Waals surface area (Å²) in [4.78, 5) is 16.5. The average Bonchev–Trinajstić information content (AvgIpc) is 3.51. The molecule has 0 unspecified atom stereocenters. The molecule has 3 rings (SSSR count). The largest absolute Gasteiger partial charge is 0.357 e. The van der Waals surface area contributed by atoms with Crippen LogP contribution in [0.1, 0.15) is 41.3 Å². The number of benzene rings is 2. The third kappa shape index (κ3) is 6.44. The summed E-state index contributed by atoms with van der Waals surface area (Å²) < 4.78 is 1.12. The van der Waals surface area contributed by atoms with Crippen LogP contribution in [0, 0.1) is 0 Å². The predicted molar refractivity (Wildman–Crippen MR) is 133 cm³/mol. The van der Waals surface area contributed by atoms with E-state index in [0.717, 1.165) is 29.1 Å². The van der Waals surface area contributed by atoms with Crippen LogP contribution in [0.25, 0.3) is 0 Å². The molecule has 0 aliphatic heterocycles. The van der Waals surface area contributed by atoms with E-state index < -0.39 is 0 Å². The summed E-state index contributed by atoms with van der Waals surface area (Å²) in [5.74, 6) is 0.717. The van der Waals surface area contributed by atoms with Crippen LogP contribution in [0.3, 0.4) is 0 Å². The lowest BCUT2D eigenvalue weighted by molar-refractivity contribution is 0.0963. The van der Waals surface area contributed by atoms with Crippen LogP contribution < -0.4 is 16.0 Å². The average molecular weight is 571 g/mol. The smallest absolute Gasteiger partial charge is 0.251 e. The molecule has 2 aromatic carbocycles. The van der Waals surface area contributed by atoms with Crippen molar-refractivity contribution in [1.82, 2.24) is 16.0 Å². The molecule has 2 aromatic rings. The van der Waals surface area contributed by atoms with Gasteiger partial charge in [-0.1, -0.05) is 40.2 Å². The number of rotatable bonds is 7. The van der Waals surface area contributed by atoms with Crippen molar-refractivity contribution >= 4 is 51.8 Å². The number of aliphatic imine (C=N–C) groups is 1. The highest BCUT2D eigenvalue weighted by molar-refractivity contribution is 14.0. The van der Waals surface area contributed by atoms with E-state index in [2.05, 4.69) is 63.1 Å². The van der Waals surface area contributed by atoms with Crippen molar-refractivity contribution in [3.8, 4) is 0 Å². The molecule has 0 bridgehead atoms. The van der Waals surface area contributed by atoms with Crippen molar-refractivity contribution in [2.24, 2.45) is 4.99 Å². The summed E-state index contributed by atoms with van der Waals surface area (Å²) in [6.45, 7) is 4.23. The molecule has 0 atom stereocenters. The molecule has 0 heterocycles. The minimum absolute atomic E-state index is 0. The minimum Gasteiger partial charge on any atom is -0.357 e. The van der Waals surface area contributed by atoms with Crippen LogP contribution in [-0.2, 0) is 12.0 Å². The summed E-state index contributed by atoms with van der Waals surface area (Å²) in [5, 5.41) is 9.47. The quantitative estimate of drug-likeness (QED) is 0.265. The Morgan fingerprint density at radius 3 is 2.55 bits per heavy atom. The van der Waals surface area contributed by atoms with E-state index in [0.29, 0.717) is 12.1 Å². The molecular formula is C22H28BrIN4O. The number of amides is 1. The lowest BCUT2D eigenvalue weighted by atomic mass is 9.96. The highest BCUT2D eigenvalue weighted by Crippen LogP contribution is 2.48. The molecule has 1 aliphatic carbocycles. The van der Waals surface area contributed by atoms with Crippen molar-refractivity contribution in [3.05, 3.63) is 69.7 Å². The first-order valence-electron chi connectivity index (χ1n) is 9.65. The molecule has 3 N–H and O–H groups in total. The number of nitrogens with zero attached hydrogens (tertiary/aromatic N) is 1. The molecule has 1 aliphatic rings. The first-order chi connectivity index (χ1) is 13.6. The second-order valence-electron chi connectivity index (χ2n) is 7.12. The molecule has 0 spiro atoms. The number of carbonyl (C=O) groups excluding carboxylic acids is 1. The number of halogens is 2. The van der Waals surface area contributed by atoms with E-state index >= 15 is 0 Å².